The molecule has 1 aromatic rings. The van der Waals surface area contributed by atoms with Crippen molar-refractivity contribution in [3.8, 4) is 11.5 Å². The molecular weight excluding hydrogens is 234 g/mol. The normalized spacial score (nSPS) is 10.3. The minimum Gasteiger partial charge on any atom is -0.507 e. The van der Waals surface area contributed by atoms with Gasteiger partial charge in [-0.25, -0.2) is 0 Å². The van der Waals surface area contributed by atoms with E-state index in [1.54, 1.807) is 0 Å². The summed E-state index contributed by atoms with van der Waals surface area (Å²) < 4.78 is 5.19. The van der Waals surface area contributed by atoms with Crippen LogP contribution < -0.4 is 0 Å². The van der Waals surface area contributed by atoms with Crippen molar-refractivity contribution in [2.24, 2.45) is 0 Å². The van der Waals surface area contributed by atoms with E-state index in [1.807, 2.05) is 13.8 Å². The Morgan fingerprint density at radius 1 is 1.28 bits per heavy atom. The van der Waals surface area contributed by atoms with Crippen molar-refractivity contribution < 1.29 is 19.7 Å². The summed E-state index contributed by atoms with van der Waals surface area (Å²) in [6.07, 6.45) is 0. The molecule has 5 nitrogen and oxygen atoms in total. The third-order valence-corrected chi connectivity index (χ3v) is 2.61. The molecule has 0 fully saturated rings. The van der Waals surface area contributed by atoms with Gasteiger partial charge in [-0.15, -0.1) is 0 Å². The molecule has 0 saturated carbocycles. The van der Waals surface area contributed by atoms with E-state index in [9.17, 15) is 15.0 Å². The molecule has 0 aliphatic heterocycles. The summed E-state index contributed by atoms with van der Waals surface area (Å²) in [7, 11) is 0. The Labute approximate surface area is 107 Å². The van der Waals surface area contributed by atoms with Gasteiger partial charge in [-0.1, -0.05) is 6.07 Å². The second-order valence-electron chi connectivity index (χ2n) is 3.75. The van der Waals surface area contributed by atoms with Crippen LogP contribution in [0.4, 0.5) is 0 Å². The number of phenolic OH excluding ortho intramolecular Hbond substituents is 2. The fraction of sp³-hybridized carbons (Fsp3) is 0.462. The largest absolute Gasteiger partial charge is 0.507 e. The smallest absolute Gasteiger partial charge is 0.261 e. The molecule has 0 bridgehead atoms. The molecule has 0 aliphatic rings. The summed E-state index contributed by atoms with van der Waals surface area (Å²) in [5.41, 5.74) is -0.0594. The van der Waals surface area contributed by atoms with Gasteiger partial charge in [0.25, 0.3) is 5.91 Å². The van der Waals surface area contributed by atoms with Crippen molar-refractivity contribution in [2.45, 2.75) is 13.8 Å². The van der Waals surface area contributed by atoms with Crippen molar-refractivity contribution in [2.75, 3.05) is 26.3 Å². The third-order valence-electron chi connectivity index (χ3n) is 2.61. The minimum atomic E-state index is -0.396. The van der Waals surface area contributed by atoms with E-state index in [0.29, 0.717) is 26.3 Å². The molecule has 100 valence electrons. The quantitative estimate of drug-likeness (QED) is 0.755. The average molecular weight is 253 g/mol. The molecule has 1 rings (SSSR count). The molecule has 0 aliphatic carbocycles. The van der Waals surface area contributed by atoms with E-state index in [1.165, 1.54) is 23.1 Å². The monoisotopic (exact) mass is 253 g/mol. The zero-order valence-electron chi connectivity index (χ0n) is 10.7. The van der Waals surface area contributed by atoms with Crippen LogP contribution in [-0.2, 0) is 4.74 Å². The summed E-state index contributed by atoms with van der Waals surface area (Å²) in [5.74, 6) is -0.822. The van der Waals surface area contributed by atoms with E-state index in [-0.39, 0.29) is 17.1 Å². The van der Waals surface area contributed by atoms with Crippen LogP contribution >= 0.6 is 0 Å². The first-order valence-electron chi connectivity index (χ1n) is 5.99. The average Bonchev–Trinajstić information content (AvgIpc) is 2.34. The fourth-order valence-electron chi connectivity index (χ4n) is 1.63. The van der Waals surface area contributed by atoms with E-state index in [0.717, 1.165) is 0 Å². The number of carbonyl (C=O) groups is 1. The standard InChI is InChI=1S/C13H19NO4/c1-3-14(8-9-18-4-2)13(17)12-10(15)6-5-7-11(12)16/h5-7,15-16H,3-4,8-9H2,1-2H3. The zero-order chi connectivity index (χ0) is 13.5. The Kier molecular flexibility index (Phi) is 5.45. The van der Waals surface area contributed by atoms with Gasteiger partial charge in [-0.3, -0.25) is 4.79 Å². The Morgan fingerprint density at radius 3 is 2.39 bits per heavy atom. The van der Waals surface area contributed by atoms with E-state index in [4.69, 9.17) is 4.74 Å². The highest BCUT2D eigenvalue weighted by Gasteiger charge is 2.21. The molecule has 0 radical (unpaired) electrons. The van der Waals surface area contributed by atoms with Gasteiger partial charge in [0, 0.05) is 19.7 Å². The van der Waals surface area contributed by atoms with Crippen LogP contribution in [-0.4, -0.2) is 47.3 Å². The van der Waals surface area contributed by atoms with Crippen LogP contribution in [0.2, 0.25) is 0 Å². The Hall–Kier alpha value is -1.75. The molecule has 0 atom stereocenters. The summed E-state index contributed by atoms with van der Waals surface area (Å²) in [6.45, 7) is 5.66. The van der Waals surface area contributed by atoms with Crippen LogP contribution in [0.3, 0.4) is 0 Å². The summed E-state index contributed by atoms with van der Waals surface area (Å²) in [6, 6.07) is 4.24. The Bertz CT molecular complexity index is 386. The number of likely N-dealkylation sites (N-methyl/N-ethyl adjacent to an activating group) is 1. The second kappa shape index (κ2) is 6.86. The van der Waals surface area contributed by atoms with Crippen molar-refractivity contribution in [1.82, 2.24) is 4.90 Å². The maximum atomic E-state index is 12.2. The van der Waals surface area contributed by atoms with Crippen LogP contribution in [0.5, 0.6) is 11.5 Å². The zero-order valence-corrected chi connectivity index (χ0v) is 10.7. The highest BCUT2D eigenvalue weighted by Crippen LogP contribution is 2.27. The number of phenols is 2. The first-order chi connectivity index (χ1) is 8.61. The van der Waals surface area contributed by atoms with Gasteiger partial charge in [-0.2, -0.15) is 0 Å². The molecule has 0 unspecified atom stereocenters. The number of hydrogen-bond acceptors (Lipinski definition) is 4. The van der Waals surface area contributed by atoms with Crippen molar-refractivity contribution in [3.63, 3.8) is 0 Å². The number of hydrogen-bond donors (Lipinski definition) is 2. The lowest BCUT2D eigenvalue weighted by Gasteiger charge is -2.21. The lowest BCUT2D eigenvalue weighted by molar-refractivity contribution is 0.0663. The molecule has 0 heterocycles. The van der Waals surface area contributed by atoms with Gasteiger partial charge in [0.2, 0.25) is 0 Å². The molecule has 0 saturated heterocycles. The molecule has 0 aromatic heterocycles. The minimum absolute atomic E-state index is 0.0594. The SMILES string of the molecule is CCOCCN(CC)C(=O)c1c(O)cccc1O. The summed E-state index contributed by atoms with van der Waals surface area (Å²) in [4.78, 5) is 13.7. The first-order valence-corrected chi connectivity index (χ1v) is 5.99. The molecule has 5 heteroatoms. The number of benzene rings is 1. The number of carbonyl (C=O) groups excluding carboxylic acids is 1. The van der Waals surface area contributed by atoms with Gasteiger partial charge in [-0.05, 0) is 26.0 Å². The Balaban J connectivity index is 2.83. The lowest BCUT2D eigenvalue weighted by Crippen LogP contribution is -2.34. The molecule has 1 aromatic carbocycles. The number of amides is 1. The second-order valence-corrected chi connectivity index (χ2v) is 3.75. The van der Waals surface area contributed by atoms with Crippen molar-refractivity contribution in [1.29, 1.82) is 0 Å². The number of ether oxygens (including phenoxy) is 1. The highest BCUT2D eigenvalue weighted by atomic mass is 16.5. The molecule has 2 N–H and O–H groups in total. The predicted octanol–water partition coefficient (Wildman–Crippen LogP) is 1.60. The van der Waals surface area contributed by atoms with Crippen LogP contribution in [0.25, 0.3) is 0 Å². The van der Waals surface area contributed by atoms with Gasteiger partial charge < -0.3 is 19.8 Å². The van der Waals surface area contributed by atoms with E-state index >= 15 is 0 Å². The van der Waals surface area contributed by atoms with Crippen LogP contribution in [0.1, 0.15) is 24.2 Å². The van der Waals surface area contributed by atoms with E-state index in [2.05, 4.69) is 0 Å². The molecule has 18 heavy (non-hydrogen) atoms. The van der Waals surface area contributed by atoms with E-state index < -0.39 is 5.91 Å². The Morgan fingerprint density at radius 2 is 1.89 bits per heavy atom. The van der Waals surface area contributed by atoms with Gasteiger partial charge in [0.05, 0.1) is 6.61 Å². The van der Waals surface area contributed by atoms with Gasteiger partial charge in [0.1, 0.15) is 17.1 Å². The number of aromatic hydroxyl groups is 2. The third kappa shape index (κ3) is 3.37. The number of rotatable bonds is 6. The van der Waals surface area contributed by atoms with Crippen LogP contribution in [0.15, 0.2) is 18.2 Å². The van der Waals surface area contributed by atoms with Gasteiger partial charge >= 0.3 is 0 Å². The molecule has 1 amide bonds. The lowest BCUT2D eigenvalue weighted by atomic mass is 10.1. The van der Waals surface area contributed by atoms with Crippen molar-refractivity contribution >= 4 is 5.91 Å². The van der Waals surface area contributed by atoms with Crippen LogP contribution in [0, 0.1) is 0 Å². The molecular formula is C13H19NO4. The van der Waals surface area contributed by atoms with Crippen molar-refractivity contribution in [3.05, 3.63) is 23.8 Å². The maximum absolute atomic E-state index is 12.2. The molecule has 0 spiro atoms. The summed E-state index contributed by atoms with van der Waals surface area (Å²) in [5, 5.41) is 19.3. The predicted molar refractivity (Wildman–Crippen MR) is 67.8 cm³/mol. The fourth-order valence-corrected chi connectivity index (χ4v) is 1.63. The highest BCUT2D eigenvalue weighted by molar-refractivity contribution is 5.99. The topological polar surface area (TPSA) is 70.0 Å². The first kappa shape index (κ1) is 14.3. The number of nitrogens with zero attached hydrogens (tertiary/aromatic N) is 1. The van der Waals surface area contributed by atoms with Gasteiger partial charge in [0.15, 0.2) is 0 Å². The summed E-state index contributed by atoms with van der Waals surface area (Å²) >= 11 is 0. The maximum Gasteiger partial charge on any atom is 0.261 e.